The van der Waals surface area contributed by atoms with Crippen LogP contribution in [-0.2, 0) is 16.0 Å². The SMILES string of the molecule is C[C@H](N[C@@H]1[C@@H]2CCO[C@@H]2C1(C)C)[C@@H]1CN(Cc2ccccc2)CCO1. The van der Waals surface area contributed by atoms with E-state index in [1.54, 1.807) is 0 Å². The Balaban J connectivity index is 1.33. The second-order valence-corrected chi connectivity index (χ2v) is 8.63. The average molecular weight is 344 g/mol. The normalized spacial score (nSPS) is 35.8. The van der Waals surface area contributed by atoms with Gasteiger partial charge in [0, 0.05) is 49.7 Å². The molecule has 1 aliphatic carbocycles. The molecule has 0 spiro atoms. The summed E-state index contributed by atoms with van der Waals surface area (Å²) in [5, 5.41) is 3.90. The molecule has 1 saturated carbocycles. The van der Waals surface area contributed by atoms with Crippen molar-refractivity contribution < 1.29 is 9.47 Å². The monoisotopic (exact) mass is 344 g/mol. The Labute approximate surface area is 151 Å². The standard InChI is InChI=1S/C21H32N2O2/c1-15(22-19-17-9-11-25-20(17)21(19,2)3)18-14-23(10-12-24-18)13-16-7-5-4-6-8-16/h4-8,15,17-20,22H,9-14H2,1-3H3/t15-,17-,18-,19+,20-/m0/s1. The fourth-order valence-corrected chi connectivity index (χ4v) is 5.07. The fraction of sp³-hybridized carbons (Fsp3) is 0.714. The van der Waals surface area contributed by atoms with Gasteiger partial charge in [0.05, 0.1) is 18.8 Å². The summed E-state index contributed by atoms with van der Waals surface area (Å²) in [6.45, 7) is 11.8. The van der Waals surface area contributed by atoms with Crippen LogP contribution in [0.5, 0.6) is 0 Å². The predicted molar refractivity (Wildman–Crippen MR) is 99.5 cm³/mol. The van der Waals surface area contributed by atoms with Crippen LogP contribution in [0, 0.1) is 11.3 Å². The second kappa shape index (κ2) is 6.99. The molecular formula is C21H32N2O2. The number of nitrogens with one attached hydrogen (secondary N) is 1. The molecule has 1 aromatic rings. The molecule has 2 heterocycles. The van der Waals surface area contributed by atoms with Crippen LogP contribution < -0.4 is 5.32 Å². The van der Waals surface area contributed by atoms with E-state index in [0.29, 0.717) is 24.1 Å². The maximum Gasteiger partial charge on any atom is 0.0852 e. The molecule has 138 valence electrons. The molecule has 2 aliphatic heterocycles. The maximum atomic E-state index is 6.12. The number of ether oxygens (including phenoxy) is 2. The molecule has 5 atom stereocenters. The fourth-order valence-electron chi connectivity index (χ4n) is 5.07. The van der Waals surface area contributed by atoms with Crippen LogP contribution in [0.4, 0.5) is 0 Å². The van der Waals surface area contributed by atoms with Gasteiger partial charge in [-0.2, -0.15) is 0 Å². The molecule has 0 aromatic heterocycles. The highest BCUT2D eigenvalue weighted by Gasteiger charge is 2.59. The van der Waals surface area contributed by atoms with Crippen LogP contribution in [0.25, 0.3) is 0 Å². The van der Waals surface area contributed by atoms with Crippen LogP contribution in [0.1, 0.15) is 32.8 Å². The molecule has 1 aromatic carbocycles. The zero-order valence-electron chi connectivity index (χ0n) is 15.8. The van der Waals surface area contributed by atoms with E-state index in [4.69, 9.17) is 9.47 Å². The highest BCUT2D eigenvalue weighted by atomic mass is 16.5. The molecular weight excluding hydrogens is 312 g/mol. The molecule has 2 saturated heterocycles. The van der Waals surface area contributed by atoms with Gasteiger partial charge < -0.3 is 14.8 Å². The molecule has 4 rings (SSSR count). The lowest BCUT2D eigenvalue weighted by Crippen LogP contribution is -2.68. The Morgan fingerprint density at radius 2 is 2.00 bits per heavy atom. The molecule has 4 heteroatoms. The Kier molecular flexibility index (Phi) is 4.89. The third kappa shape index (κ3) is 3.37. The third-order valence-corrected chi connectivity index (χ3v) is 6.53. The van der Waals surface area contributed by atoms with Crippen molar-refractivity contribution in [1.29, 1.82) is 0 Å². The van der Waals surface area contributed by atoms with Crippen molar-refractivity contribution in [3.05, 3.63) is 35.9 Å². The van der Waals surface area contributed by atoms with E-state index in [1.807, 2.05) is 0 Å². The summed E-state index contributed by atoms with van der Waals surface area (Å²) in [5.41, 5.74) is 1.61. The van der Waals surface area contributed by atoms with Crippen LogP contribution in [0.3, 0.4) is 0 Å². The second-order valence-electron chi connectivity index (χ2n) is 8.63. The van der Waals surface area contributed by atoms with Crippen molar-refractivity contribution in [2.75, 3.05) is 26.3 Å². The van der Waals surface area contributed by atoms with Crippen molar-refractivity contribution in [2.24, 2.45) is 11.3 Å². The zero-order valence-corrected chi connectivity index (χ0v) is 15.8. The number of nitrogens with zero attached hydrogens (tertiary/aromatic N) is 1. The Hall–Kier alpha value is -0.940. The molecule has 0 unspecified atom stereocenters. The van der Waals surface area contributed by atoms with Gasteiger partial charge in [-0.05, 0) is 18.9 Å². The van der Waals surface area contributed by atoms with Gasteiger partial charge in [0.2, 0.25) is 0 Å². The van der Waals surface area contributed by atoms with Gasteiger partial charge in [-0.25, -0.2) is 0 Å². The number of benzene rings is 1. The van der Waals surface area contributed by atoms with Gasteiger partial charge in [0.1, 0.15) is 0 Å². The summed E-state index contributed by atoms with van der Waals surface area (Å²) < 4.78 is 12.0. The number of hydrogen-bond donors (Lipinski definition) is 1. The first kappa shape index (κ1) is 17.5. The predicted octanol–water partition coefficient (Wildman–Crippen LogP) is 2.68. The summed E-state index contributed by atoms with van der Waals surface area (Å²) >= 11 is 0. The average Bonchev–Trinajstić information content (AvgIpc) is 3.08. The lowest BCUT2D eigenvalue weighted by molar-refractivity contribution is -0.124. The van der Waals surface area contributed by atoms with E-state index in [2.05, 4.69) is 61.3 Å². The van der Waals surface area contributed by atoms with Gasteiger partial charge >= 0.3 is 0 Å². The Bertz CT molecular complexity index is 577. The molecule has 0 bridgehead atoms. The summed E-state index contributed by atoms with van der Waals surface area (Å²) in [6, 6.07) is 11.7. The van der Waals surface area contributed by atoms with Crippen LogP contribution >= 0.6 is 0 Å². The number of morpholine rings is 1. The number of fused-ring (bicyclic) bond motifs is 1. The number of rotatable bonds is 5. The quantitative estimate of drug-likeness (QED) is 0.890. The number of hydrogen-bond acceptors (Lipinski definition) is 4. The molecule has 4 nitrogen and oxygen atoms in total. The van der Waals surface area contributed by atoms with Gasteiger partial charge in [-0.3, -0.25) is 4.90 Å². The Morgan fingerprint density at radius 3 is 2.80 bits per heavy atom. The lowest BCUT2D eigenvalue weighted by Gasteiger charge is -2.56. The van der Waals surface area contributed by atoms with Crippen molar-refractivity contribution in [3.8, 4) is 0 Å². The van der Waals surface area contributed by atoms with Crippen molar-refractivity contribution in [1.82, 2.24) is 10.2 Å². The summed E-state index contributed by atoms with van der Waals surface area (Å²) in [6.07, 6.45) is 1.90. The van der Waals surface area contributed by atoms with E-state index in [-0.39, 0.29) is 11.5 Å². The third-order valence-electron chi connectivity index (χ3n) is 6.53. The minimum Gasteiger partial charge on any atom is -0.377 e. The van der Waals surface area contributed by atoms with E-state index < -0.39 is 0 Å². The van der Waals surface area contributed by atoms with Crippen LogP contribution in [0.15, 0.2) is 30.3 Å². The topological polar surface area (TPSA) is 33.7 Å². The van der Waals surface area contributed by atoms with E-state index in [0.717, 1.165) is 32.8 Å². The summed E-state index contributed by atoms with van der Waals surface area (Å²) in [7, 11) is 0. The molecule has 0 radical (unpaired) electrons. The molecule has 0 amide bonds. The van der Waals surface area contributed by atoms with E-state index in [1.165, 1.54) is 12.0 Å². The van der Waals surface area contributed by atoms with Gasteiger partial charge in [0.15, 0.2) is 0 Å². The lowest BCUT2D eigenvalue weighted by atomic mass is 9.57. The molecule has 1 N–H and O–H groups in total. The highest BCUT2D eigenvalue weighted by Crippen LogP contribution is 2.52. The molecule has 25 heavy (non-hydrogen) atoms. The summed E-state index contributed by atoms with van der Waals surface area (Å²) in [4.78, 5) is 2.52. The molecule has 3 aliphatic rings. The summed E-state index contributed by atoms with van der Waals surface area (Å²) in [5.74, 6) is 0.682. The van der Waals surface area contributed by atoms with Crippen LogP contribution in [-0.4, -0.2) is 55.5 Å². The van der Waals surface area contributed by atoms with E-state index >= 15 is 0 Å². The highest BCUT2D eigenvalue weighted by molar-refractivity contribution is 5.15. The van der Waals surface area contributed by atoms with Crippen molar-refractivity contribution in [3.63, 3.8) is 0 Å². The molecule has 3 fully saturated rings. The first-order valence-electron chi connectivity index (χ1n) is 9.81. The van der Waals surface area contributed by atoms with Crippen molar-refractivity contribution in [2.45, 2.75) is 58.0 Å². The minimum absolute atomic E-state index is 0.230. The van der Waals surface area contributed by atoms with Gasteiger partial charge in [0.25, 0.3) is 0 Å². The van der Waals surface area contributed by atoms with Crippen molar-refractivity contribution >= 4 is 0 Å². The Morgan fingerprint density at radius 1 is 1.20 bits per heavy atom. The zero-order chi connectivity index (χ0) is 17.4. The van der Waals surface area contributed by atoms with E-state index in [9.17, 15) is 0 Å². The largest absolute Gasteiger partial charge is 0.377 e. The maximum absolute atomic E-state index is 6.12. The first-order chi connectivity index (χ1) is 12.1. The minimum atomic E-state index is 0.230. The van der Waals surface area contributed by atoms with Gasteiger partial charge in [-0.1, -0.05) is 44.2 Å². The van der Waals surface area contributed by atoms with Crippen LogP contribution in [0.2, 0.25) is 0 Å². The van der Waals surface area contributed by atoms with Gasteiger partial charge in [-0.15, -0.1) is 0 Å². The first-order valence-corrected chi connectivity index (χ1v) is 9.81. The smallest absolute Gasteiger partial charge is 0.0852 e.